The van der Waals surface area contributed by atoms with E-state index in [1.807, 2.05) is 30.3 Å². The average molecular weight is 244 g/mol. The molecule has 0 spiro atoms. The Morgan fingerprint density at radius 1 is 1.35 bits per heavy atom. The normalized spacial score (nSPS) is 10.1. The summed E-state index contributed by atoms with van der Waals surface area (Å²) in [4.78, 5) is 1.22. The fraction of sp³-hybridized carbons (Fsp3) is 0.154. The number of anilines is 1. The summed E-state index contributed by atoms with van der Waals surface area (Å²) in [5, 5.41) is 8.80. The largest absolute Gasteiger partial charge is 0.440 e. The number of nitriles is 1. The van der Waals surface area contributed by atoms with Crippen molar-refractivity contribution in [2.24, 2.45) is 0 Å². The van der Waals surface area contributed by atoms with Gasteiger partial charge in [0, 0.05) is 16.5 Å². The second-order valence-electron chi connectivity index (χ2n) is 3.46. The fourth-order valence-corrected chi connectivity index (χ4v) is 2.18. The number of rotatable bonds is 3. The van der Waals surface area contributed by atoms with Crippen LogP contribution in [0.25, 0.3) is 11.3 Å². The molecule has 4 heteroatoms. The van der Waals surface area contributed by atoms with E-state index in [-0.39, 0.29) is 5.88 Å². The molecule has 0 radical (unpaired) electrons. The maximum atomic E-state index is 8.80. The molecule has 0 saturated carbocycles. The first kappa shape index (κ1) is 11.6. The molecule has 0 fully saturated rings. The van der Waals surface area contributed by atoms with E-state index in [0.717, 1.165) is 11.3 Å². The monoisotopic (exact) mass is 244 g/mol. The first-order valence-electron chi connectivity index (χ1n) is 5.27. The van der Waals surface area contributed by atoms with E-state index in [4.69, 9.17) is 15.4 Å². The number of benzene rings is 1. The van der Waals surface area contributed by atoms with E-state index in [1.165, 1.54) is 4.90 Å². The predicted octanol–water partition coefficient (Wildman–Crippen LogP) is 3.51. The molecule has 1 aromatic carbocycles. The van der Waals surface area contributed by atoms with Gasteiger partial charge in [0.2, 0.25) is 5.88 Å². The number of nitrogens with zero attached hydrogens (tertiary/aromatic N) is 1. The van der Waals surface area contributed by atoms with E-state index in [2.05, 4.69) is 6.92 Å². The van der Waals surface area contributed by atoms with Crippen LogP contribution in [-0.4, -0.2) is 5.75 Å². The number of nitrogen functional groups attached to an aromatic ring is 1. The zero-order valence-electron chi connectivity index (χ0n) is 9.43. The summed E-state index contributed by atoms with van der Waals surface area (Å²) in [5.74, 6) is 1.85. The Morgan fingerprint density at radius 3 is 2.59 bits per heavy atom. The average Bonchev–Trinajstić information content (AvgIpc) is 2.72. The minimum atomic E-state index is 0.175. The molecule has 2 aromatic rings. The van der Waals surface area contributed by atoms with Crippen molar-refractivity contribution in [3.8, 4) is 17.4 Å². The Bertz CT molecular complexity index is 552. The number of hydrogen-bond donors (Lipinski definition) is 1. The van der Waals surface area contributed by atoms with Crippen LogP contribution in [0.5, 0.6) is 0 Å². The lowest BCUT2D eigenvalue weighted by Crippen LogP contribution is -1.82. The lowest BCUT2D eigenvalue weighted by molar-refractivity contribution is 0.602. The van der Waals surface area contributed by atoms with Gasteiger partial charge < -0.3 is 10.2 Å². The molecule has 0 aliphatic heterocycles. The first-order valence-corrected chi connectivity index (χ1v) is 6.25. The molecule has 2 rings (SSSR count). The molecule has 0 unspecified atom stereocenters. The van der Waals surface area contributed by atoms with Crippen LogP contribution in [0.3, 0.4) is 0 Å². The van der Waals surface area contributed by atoms with Crippen LogP contribution < -0.4 is 5.73 Å². The zero-order chi connectivity index (χ0) is 12.3. The van der Waals surface area contributed by atoms with Gasteiger partial charge in [-0.2, -0.15) is 5.26 Å². The molecule has 0 aliphatic carbocycles. The van der Waals surface area contributed by atoms with Crippen LogP contribution in [-0.2, 0) is 0 Å². The molecular formula is C13H12N2OS. The molecule has 3 nitrogen and oxygen atoms in total. The van der Waals surface area contributed by atoms with Gasteiger partial charge in [-0.25, -0.2) is 0 Å². The van der Waals surface area contributed by atoms with Crippen LogP contribution in [0.15, 0.2) is 39.6 Å². The molecule has 0 saturated heterocycles. The number of furan rings is 1. The van der Waals surface area contributed by atoms with Crippen molar-refractivity contribution in [1.82, 2.24) is 0 Å². The quantitative estimate of drug-likeness (QED) is 0.839. The van der Waals surface area contributed by atoms with Gasteiger partial charge in [-0.15, -0.1) is 11.8 Å². The van der Waals surface area contributed by atoms with Crippen molar-refractivity contribution in [3.63, 3.8) is 0 Å². The second-order valence-corrected chi connectivity index (χ2v) is 4.80. The minimum absolute atomic E-state index is 0.175. The summed E-state index contributed by atoms with van der Waals surface area (Å²) in [7, 11) is 0. The van der Waals surface area contributed by atoms with Gasteiger partial charge in [-0.05, 0) is 17.9 Å². The van der Waals surface area contributed by atoms with E-state index in [9.17, 15) is 0 Å². The number of hydrogen-bond acceptors (Lipinski definition) is 4. The van der Waals surface area contributed by atoms with Gasteiger partial charge in [0.1, 0.15) is 17.4 Å². The zero-order valence-corrected chi connectivity index (χ0v) is 10.3. The molecule has 0 bridgehead atoms. The number of thioether (sulfide) groups is 1. The third-order valence-electron chi connectivity index (χ3n) is 2.33. The Hall–Kier alpha value is -1.86. The Morgan fingerprint density at radius 2 is 2.06 bits per heavy atom. The summed E-state index contributed by atoms with van der Waals surface area (Å²) in [6.45, 7) is 2.12. The predicted molar refractivity (Wildman–Crippen MR) is 69.7 cm³/mol. The SMILES string of the molecule is CCSc1ccc(-c2cc(C#N)c(N)o2)cc1. The summed E-state index contributed by atoms with van der Waals surface area (Å²) in [6, 6.07) is 11.7. The topological polar surface area (TPSA) is 63.0 Å². The lowest BCUT2D eigenvalue weighted by atomic mass is 10.1. The van der Waals surface area contributed by atoms with Crippen LogP contribution in [0.4, 0.5) is 5.88 Å². The highest BCUT2D eigenvalue weighted by atomic mass is 32.2. The second kappa shape index (κ2) is 4.98. The molecule has 1 aromatic heterocycles. The van der Waals surface area contributed by atoms with Gasteiger partial charge in [-0.1, -0.05) is 19.1 Å². The van der Waals surface area contributed by atoms with E-state index in [1.54, 1.807) is 17.8 Å². The van der Waals surface area contributed by atoms with Crippen LogP contribution in [0.2, 0.25) is 0 Å². The van der Waals surface area contributed by atoms with Crippen molar-refractivity contribution in [2.45, 2.75) is 11.8 Å². The Kier molecular flexibility index (Phi) is 3.40. The molecule has 0 aliphatic rings. The summed E-state index contributed by atoms with van der Waals surface area (Å²) < 4.78 is 5.34. The summed E-state index contributed by atoms with van der Waals surface area (Å²) in [5.41, 5.74) is 6.88. The Balaban J connectivity index is 2.30. The van der Waals surface area contributed by atoms with Gasteiger partial charge in [-0.3, -0.25) is 0 Å². The van der Waals surface area contributed by atoms with Crippen molar-refractivity contribution in [1.29, 1.82) is 5.26 Å². The van der Waals surface area contributed by atoms with Gasteiger partial charge in [0.15, 0.2) is 0 Å². The highest BCUT2D eigenvalue weighted by Crippen LogP contribution is 2.28. The molecule has 86 valence electrons. The standard InChI is InChI=1S/C13H12N2OS/c1-2-17-11-5-3-9(4-6-11)12-7-10(8-14)13(15)16-12/h3-7H,2,15H2,1H3. The molecule has 0 atom stereocenters. The smallest absolute Gasteiger partial charge is 0.208 e. The summed E-state index contributed by atoms with van der Waals surface area (Å²) in [6.07, 6.45) is 0. The van der Waals surface area contributed by atoms with Crippen LogP contribution in [0.1, 0.15) is 12.5 Å². The van der Waals surface area contributed by atoms with E-state index >= 15 is 0 Å². The first-order chi connectivity index (χ1) is 8.24. The molecule has 2 N–H and O–H groups in total. The highest BCUT2D eigenvalue weighted by Gasteiger charge is 2.09. The van der Waals surface area contributed by atoms with Gasteiger partial charge in [0.25, 0.3) is 0 Å². The van der Waals surface area contributed by atoms with Crippen molar-refractivity contribution in [3.05, 3.63) is 35.9 Å². The molecule has 17 heavy (non-hydrogen) atoms. The van der Waals surface area contributed by atoms with E-state index < -0.39 is 0 Å². The van der Waals surface area contributed by atoms with E-state index in [0.29, 0.717) is 11.3 Å². The summed E-state index contributed by atoms with van der Waals surface area (Å²) >= 11 is 1.78. The van der Waals surface area contributed by atoms with Crippen molar-refractivity contribution >= 4 is 17.6 Å². The van der Waals surface area contributed by atoms with Gasteiger partial charge >= 0.3 is 0 Å². The Labute approximate surface area is 104 Å². The lowest BCUT2D eigenvalue weighted by Gasteiger charge is -2.00. The minimum Gasteiger partial charge on any atom is -0.440 e. The number of nitrogens with two attached hydrogens (primary N) is 1. The van der Waals surface area contributed by atoms with Crippen molar-refractivity contribution < 1.29 is 4.42 Å². The third kappa shape index (κ3) is 2.45. The van der Waals surface area contributed by atoms with Crippen molar-refractivity contribution in [2.75, 3.05) is 11.5 Å². The van der Waals surface area contributed by atoms with Crippen LogP contribution >= 0.6 is 11.8 Å². The maximum absolute atomic E-state index is 8.80. The fourth-order valence-electron chi connectivity index (χ4n) is 1.52. The van der Waals surface area contributed by atoms with Crippen LogP contribution in [0, 0.1) is 11.3 Å². The van der Waals surface area contributed by atoms with Gasteiger partial charge in [0.05, 0.1) is 0 Å². The molecular weight excluding hydrogens is 232 g/mol. The molecule has 0 amide bonds. The third-order valence-corrected chi connectivity index (χ3v) is 3.23. The maximum Gasteiger partial charge on any atom is 0.208 e. The molecule has 1 heterocycles. The highest BCUT2D eigenvalue weighted by molar-refractivity contribution is 7.99.